The van der Waals surface area contributed by atoms with Crippen LogP contribution in [0.25, 0.3) is 10.4 Å². The number of nitrogens with zero attached hydrogens (tertiary/aromatic N) is 3. The molecule has 0 aliphatic carbocycles. The van der Waals surface area contributed by atoms with Crippen LogP contribution >= 0.6 is 0 Å². The number of ether oxygens (including phenoxy) is 1. The highest BCUT2D eigenvalue weighted by atomic mass is 16.5. The zero-order valence-corrected chi connectivity index (χ0v) is 7.37. The molecule has 74 valence electrons. The topological polar surface area (TPSA) is 98.5 Å². The Morgan fingerprint density at radius 3 is 2.62 bits per heavy atom. The maximum atomic E-state index is 9.00. The van der Waals surface area contributed by atoms with E-state index in [0.29, 0.717) is 0 Å². The lowest BCUT2D eigenvalue weighted by Crippen LogP contribution is -2.29. The Kier molecular flexibility index (Phi) is 3.50. The summed E-state index contributed by atoms with van der Waals surface area (Å²) in [5, 5.41) is 21.4. The van der Waals surface area contributed by atoms with E-state index in [9.17, 15) is 0 Å². The third kappa shape index (κ3) is 1.92. The highest BCUT2D eigenvalue weighted by molar-refractivity contribution is 4.93. The SMILES string of the molecule is C[C@@H]1O[C@H](CO)[C@H](N=[N+]=[N-])C1CO. The summed E-state index contributed by atoms with van der Waals surface area (Å²) in [6, 6.07) is -0.463. The Balaban J connectivity index is 2.77. The molecule has 1 fully saturated rings. The Morgan fingerprint density at radius 1 is 1.46 bits per heavy atom. The first-order valence-electron chi connectivity index (χ1n) is 4.16. The number of aliphatic hydroxyl groups is 2. The Bertz CT molecular complexity index is 217. The predicted molar refractivity (Wildman–Crippen MR) is 44.9 cm³/mol. The summed E-state index contributed by atoms with van der Waals surface area (Å²) in [5.41, 5.74) is 8.28. The zero-order chi connectivity index (χ0) is 9.84. The summed E-state index contributed by atoms with van der Waals surface area (Å²) in [6.45, 7) is 1.50. The van der Waals surface area contributed by atoms with Crippen molar-refractivity contribution in [3.8, 4) is 0 Å². The lowest BCUT2D eigenvalue weighted by Gasteiger charge is -2.14. The minimum Gasteiger partial charge on any atom is -0.396 e. The molecule has 0 aromatic rings. The maximum absolute atomic E-state index is 9.00. The van der Waals surface area contributed by atoms with Crippen LogP contribution in [0.5, 0.6) is 0 Å². The van der Waals surface area contributed by atoms with E-state index in [0.717, 1.165) is 0 Å². The lowest BCUT2D eigenvalue weighted by atomic mass is 9.96. The van der Waals surface area contributed by atoms with Crippen LogP contribution in [0.3, 0.4) is 0 Å². The third-order valence-corrected chi connectivity index (χ3v) is 2.39. The molecule has 0 saturated carbocycles. The van der Waals surface area contributed by atoms with Gasteiger partial charge in [-0.1, -0.05) is 5.11 Å². The van der Waals surface area contributed by atoms with Gasteiger partial charge in [-0.25, -0.2) is 0 Å². The largest absolute Gasteiger partial charge is 0.396 e. The molecule has 0 radical (unpaired) electrons. The van der Waals surface area contributed by atoms with Crippen molar-refractivity contribution in [1.29, 1.82) is 0 Å². The molecule has 1 unspecified atom stereocenters. The van der Waals surface area contributed by atoms with Crippen LogP contribution in [0.1, 0.15) is 6.92 Å². The van der Waals surface area contributed by atoms with E-state index in [2.05, 4.69) is 10.0 Å². The molecule has 6 heteroatoms. The van der Waals surface area contributed by atoms with Crippen molar-refractivity contribution in [3.63, 3.8) is 0 Å². The molecular weight excluding hydrogens is 174 g/mol. The molecule has 0 aromatic carbocycles. The molecule has 0 amide bonds. The summed E-state index contributed by atoms with van der Waals surface area (Å²) in [6.07, 6.45) is -0.666. The number of rotatable bonds is 3. The van der Waals surface area contributed by atoms with Crippen LogP contribution in [-0.4, -0.2) is 41.7 Å². The minimum atomic E-state index is -0.483. The fraction of sp³-hybridized carbons (Fsp3) is 1.00. The van der Waals surface area contributed by atoms with Gasteiger partial charge < -0.3 is 14.9 Å². The Morgan fingerprint density at radius 2 is 2.15 bits per heavy atom. The van der Waals surface area contributed by atoms with E-state index in [-0.39, 0.29) is 25.2 Å². The molecule has 0 spiro atoms. The van der Waals surface area contributed by atoms with Crippen LogP contribution in [0, 0.1) is 5.92 Å². The van der Waals surface area contributed by atoms with E-state index in [1.165, 1.54) is 0 Å². The molecule has 6 nitrogen and oxygen atoms in total. The minimum absolute atomic E-state index is 0.0959. The fourth-order valence-electron chi connectivity index (χ4n) is 1.64. The third-order valence-electron chi connectivity index (χ3n) is 2.39. The van der Waals surface area contributed by atoms with Crippen LogP contribution in [0.15, 0.2) is 5.11 Å². The van der Waals surface area contributed by atoms with Crippen LogP contribution in [-0.2, 0) is 4.74 Å². The Labute approximate surface area is 75.8 Å². The fourth-order valence-corrected chi connectivity index (χ4v) is 1.64. The second kappa shape index (κ2) is 4.43. The maximum Gasteiger partial charge on any atom is 0.0898 e. The number of aliphatic hydroxyl groups excluding tert-OH is 2. The lowest BCUT2D eigenvalue weighted by molar-refractivity contribution is 0.00793. The van der Waals surface area contributed by atoms with Gasteiger partial charge in [-0.05, 0) is 12.5 Å². The summed E-state index contributed by atoms with van der Waals surface area (Å²) in [5.74, 6) is -0.215. The number of azide groups is 1. The molecule has 2 N–H and O–H groups in total. The molecule has 0 aromatic heterocycles. The Hall–Kier alpha value is -0.810. The van der Waals surface area contributed by atoms with Crippen molar-refractivity contribution in [1.82, 2.24) is 0 Å². The first kappa shape index (κ1) is 10.3. The van der Waals surface area contributed by atoms with E-state index >= 15 is 0 Å². The van der Waals surface area contributed by atoms with Gasteiger partial charge in [0.15, 0.2) is 0 Å². The first-order valence-corrected chi connectivity index (χ1v) is 4.16. The predicted octanol–water partition coefficient (Wildman–Crippen LogP) is 0.0534. The van der Waals surface area contributed by atoms with E-state index < -0.39 is 12.1 Å². The average molecular weight is 187 g/mol. The second-order valence-corrected chi connectivity index (χ2v) is 3.10. The van der Waals surface area contributed by atoms with Gasteiger partial charge in [0, 0.05) is 17.4 Å². The van der Waals surface area contributed by atoms with Crippen molar-refractivity contribution in [3.05, 3.63) is 10.4 Å². The quantitative estimate of drug-likeness (QED) is 0.371. The number of hydrogen-bond acceptors (Lipinski definition) is 4. The summed E-state index contributed by atoms with van der Waals surface area (Å²) < 4.78 is 5.30. The highest BCUT2D eigenvalue weighted by Gasteiger charge is 2.40. The molecule has 1 aliphatic heterocycles. The molecule has 1 aliphatic rings. The van der Waals surface area contributed by atoms with Crippen molar-refractivity contribution in [2.45, 2.75) is 25.2 Å². The number of hydrogen-bond donors (Lipinski definition) is 2. The van der Waals surface area contributed by atoms with Gasteiger partial charge in [0.2, 0.25) is 0 Å². The van der Waals surface area contributed by atoms with E-state index in [1.807, 2.05) is 0 Å². The van der Waals surface area contributed by atoms with Crippen molar-refractivity contribution in [2.75, 3.05) is 13.2 Å². The van der Waals surface area contributed by atoms with Gasteiger partial charge in [0.25, 0.3) is 0 Å². The molecule has 1 saturated heterocycles. The van der Waals surface area contributed by atoms with Gasteiger partial charge in [0.1, 0.15) is 0 Å². The highest BCUT2D eigenvalue weighted by Crippen LogP contribution is 2.28. The van der Waals surface area contributed by atoms with Gasteiger partial charge in [-0.15, -0.1) is 0 Å². The monoisotopic (exact) mass is 187 g/mol. The second-order valence-electron chi connectivity index (χ2n) is 3.10. The normalized spacial score (nSPS) is 38.7. The van der Waals surface area contributed by atoms with Crippen molar-refractivity contribution >= 4 is 0 Å². The van der Waals surface area contributed by atoms with Crippen molar-refractivity contribution < 1.29 is 14.9 Å². The van der Waals surface area contributed by atoms with Crippen LogP contribution in [0.2, 0.25) is 0 Å². The molecule has 13 heavy (non-hydrogen) atoms. The summed E-state index contributed by atoms with van der Waals surface area (Å²) in [7, 11) is 0. The smallest absolute Gasteiger partial charge is 0.0898 e. The molecule has 4 atom stereocenters. The van der Waals surface area contributed by atoms with Crippen molar-refractivity contribution in [2.24, 2.45) is 11.0 Å². The van der Waals surface area contributed by atoms with Gasteiger partial charge in [0.05, 0.1) is 24.9 Å². The van der Waals surface area contributed by atoms with Gasteiger partial charge in [-0.2, -0.15) is 0 Å². The van der Waals surface area contributed by atoms with E-state index in [4.69, 9.17) is 20.5 Å². The molecular formula is C7H13N3O3. The van der Waals surface area contributed by atoms with Gasteiger partial charge >= 0.3 is 0 Å². The first-order chi connectivity index (χ1) is 6.24. The summed E-state index contributed by atoms with van der Waals surface area (Å²) in [4.78, 5) is 2.67. The van der Waals surface area contributed by atoms with Gasteiger partial charge in [-0.3, -0.25) is 0 Å². The summed E-state index contributed by atoms with van der Waals surface area (Å²) >= 11 is 0. The van der Waals surface area contributed by atoms with Crippen LogP contribution < -0.4 is 0 Å². The standard InChI is InChI=1S/C7H13N3O3/c1-4-5(2-11)7(9-10-8)6(3-12)13-4/h4-7,11-12H,2-3H2,1H3/t4-,5?,6+,7+/m0/s1. The molecule has 1 rings (SSSR count). The molecule has 0 bridgehead atoms. The average Bonchev–Trinajstić information content (AvgIpc) is 2.43. The zero-order valence-electron chi connectivity index (χ0n) is 7.37. The van der Waals surface area contributed by atoms with E-state index in [1.54, 1.807) is 6.92 Å². The van der Waals surface area contributed by atoms with Crippen LogP contribution in [0.4, 0.5) is 0 Å². The molecule has 1 heterocycles.